The standard InChI is InChI=1S/C25H14F4/c1-15-2-9-20(24(28)12-15)19-7-6-17(23(27)14-19)5-3-16-4-10-21-18(13-16)8-11-22(26)25(21)29/h2,4,6-14H,1H3. The number of hydrogen-bond acceptors (Lipinski definition) is 0. The molecule has 29 heavy (non-hydrogen) atoms. The van der Waals surface area contributed by atoms with Gasteiger partial charge in [-0.1, -0.05) is 42.2 Å². The maximum absolute atomic E-state index is 14.5. The normalized spacial score (nSPS) is 10.7. The zero-order valence-corrected chi connectivity index (χ0v) is 15.4. The van der Waals surface area contributed by atoms with Crippen LogP contribution in [0.5, 0.6) is 0 Å². The third-order valence-corrected chi connectivity index (χ3v) is 4.65. The molecule has 0 nitrogen and oxygen atoms in total. The zero-order chi connectivity index (χ0) is 20.5. The number of halogens is 4. The predicted octanol–water partition coefficient (Wildman–Crippen LogP) is 6.77. The Balaban J connectivity index is 1.66. The van der Waals surface area contributed by atoms with Crippen molar-refractivity contribution in [1.29, 1.82) is 0 Å². The first-order valence-electron chi connectivity index (χ1n) is 8.88. The van der Waals surface area contributed by atoms with Gasteiger partial charge < -0.3 is 0 Å². The second-order valence-corrected chi connectivity index (χ2v) is 6.73. The van der Waals surface area contributed by atoms with Crippen molar-refractivity contribution in [3.05, 3.63) is 107 Å². The molecule has 142 valence electrons. The molecule has 0 bridgehead atoms. The fourth-order valence-electron chi connectivity index (χ4n) is 3.12. The van der Waals surface area contributed by atoms with E-state index in [0.29, 0.717) is 22.1 Å². The molecule has 0 spiro atoms. The molecule has 4 heteroatoms. The van der Waals surface area contributed by atoms with Crippen LogP contribution in [0.15, 0.2) is 66.7 Å². The van der Waals surface area contributed by atoms with Gasteiger partial charge in [-0.2, -0.15) is 0 Å². The van der Waals surface area contributed by atoms with Gasteiger partial charge in [-0.15, -0.1) is 0 Å². The molecular formula is C25H14F4. The van der Waals surface area contributed by atoms with Crippen molar-refractivity contribution in [3.63, 3.8) is 0 Å². The number of fused-ring (bicyclic) bond motifs is 1. The highest BCUT2D eigenvalue weighted by Gasteiger charge is 2.09. The Morgan fingerprint density at radius 1 is 0.655 bits per heavy atom. The molecule has 0 radical (unpaired) electrons. The Kier molecular flexibility index (Phi) is 4.82. The first-order valence-corrected chi connectivity index (χ1v) is 8.88. The van der Waals surface area contributed by atoms with Crippen LogP contribution in [0.3, 0.4) is 0 Å². The van der Waals surface area contributed by atoms with Crippen LogP contribution >= 0.6 is 0 Å². The summed E-state index contributed by atoms with van der Waals surface area (Å²) < 4.78 is 55.7. The molecule has 0 aliphatic heterocycles. The van der Waals surface area contributed by atoms with E-state index in [1.54, 1.807) is 37.3 Å². The van der Waals surface area contributed by atoms with E-state index in [-0.39, 0.29) is 10.9 Å². The maximum Gasteiger partial charge on any atom is 0.166 e. The molecule has 0 amide bonds. The highest BCUT2D eigenvalue weighted by molar-refractivity contribution is 5.84. The molecule has 0 unspecified atom stereocenters. The van der Waals surface area contributed by atoms with E-state index < -0.39 is 23.3 Å². The van der Waals surface area contributed by atoms with Crippen LogP contribution in [0, 0.1) is 42.0 Å². The van der Waals surface area contributed by atoms with E-state index in [9.17, 15) is 17.6 Å². The second-order valence-electron chi connectivity index (χ2n) is 6.73. The minimum absolute atomic E-state index is 0.159. The lowest BCUT2D eigenvalue weighted by molar-refractivity contribution is 0.517. The molecule has 0 aliphatic carbocycles. The van der Waals surface area contributed by atoms with E-state index in [4.69, 9.17) is 0 Å². The van der Waals surface area contributed by atoms with Gasteiger partial charge in [0.1, 0.15) is 11.6 Å². The Labute approximate surface area is 165 Å². The molecular weight excluding hydrogens is 376 g/mol. The van der Waals surface area contributed by atoms with Gasteiger partial charge >= 0.3 is 0 Å². The first-order chi connectivity index (χ1) is 13.9. The van der Waals surface area contributed by atoms with E-state index in [1.807, 2.05) is 0 Å². The van der Waals surface area contributed by atoms with Crippen LogP contribution in [-0.4, -0.2) is 0 Å². The summed E-state index contributed by atoms with van der Waals surface area (Å²) >= 11 is 0. The molecule has 0 saturated heterocycles. The van der Waals surface area contributed by atoms with E-state index in [1.165, 1.54) is 30.3 Å². The average molecular weight is 390 g/mol. The van der Waals surface area contributed by atoms with Crippen LogP contribution in [0.2, 0.25) is 0 Å². The Bertz CT molecular complexity index is 1310. The van der Waals surface area contributed by atoms with Crippen molar-refractivity contribution >= 4 is 10.8 Å². The fourth-order valence-corrected chi connectivity index (χ4v) is 3.12. The minimum Gasteiger partial charge on any atom is -0.206 e. The maximum atomic E-state index is 14.5. The van der Waals surface area contributed by atoms with Crippen LogP contribution in [0.4, 0.5) is 17.6 Å². The topological polar surface area (TPSA) is 0 Å². The lowest BCUT2D eigenvalue weighted by Crippen LogP contribution is -1.90. The van der Waals surface area contributed by atoms with Gasteiger partial charge in [0.05, 0.1) is 5.56 Å². The lowest BCUT2D eigenvalue weighted by atomic mass is 10.0. The van der Waals surface area contributed by atoms with Gasteiger partial charge in [0.25, 0.3) is 0 Å². The van der Waals surface area contributed by atoms with Gasteiger partial charge in [0.15, 0.2) is 11.6 Å². The molecule has 0 aromatic heterocycles. The van der Waals surface area contributed by atoms with Crippen molar-refractivity contribution < 1.29 is 17.6 Å². The Morgan fingerprint density at radius 2 is 1.48 bits per heavy atom. The third-order valence-electron chi connectivity index (χ3n) is 4.65. The van der Waals surface area contributed by atoms with Crippen molar-refractivity contribution in [1.82, 2.24) is 0 Å². The quantitative estimate of drug-likeness (QED) is 0.248. The van der Waals surface area contributed by atoms with Crippen LogP contribution in [0.25, 0.3) is 21.9 Å². The van der Waals surface area contributed by atoms with Crippen molar-refractivity contribution in [3.8, 4) is 23.0 Å². The Morgan fingerprint density at radius 3 is 2.24 bits per heavy atom. The monoisotopic (exact) mass is 390 g/mol. The van der Waals surface area contributed by atoms with Crippen molar-refractivity contribution in [2.24, 2.45) is 0 Å². The summed E-state index contributed by atoms with van der Waals surface area (Å²) in [5.41, 5.74) is 2.22. The number of benzene rings is 4. The molecule has 0 atom stereocenters. The van der Waals surface area contributed by atoms with E-state index in [2.05, 4.69) is 11.8 Å². The van der Waals surface area contributed by atoms with Gasteiger partial charge in [0.2, 0.25) is 0 Å². The minimum atomic E-state index is -0.913. The molecule has 0 N–H and O–H groups in total. The van der Waals surface area contributed by atoms with Gasteiger partial charge in [0, 0.05) is 16.5 Å². The second kappa shape index (κ2) is 7.44. The van der Waals surface area contributed by atoms with E-state index >= 15 is 0 Å². The number of rotatable bonds is 1. The largest absolute Gasteiger partial charge is 0.206 e. The molecule has 4 aromatic rings. The van der Waals surface area contributed by atoms with Gasteiger partial charge in [-0.05, 0) is 59.8 Å². The SMILES string of the molecule is Cc1ccc(-c2ccc(C#Cc3ccc4c(F)c(F)ccc4c3)c(F)c2)c(F)c1. The predicted molar refractivity (Wildman–Crippen MR) is 106 cm³/mol. The third kappa shape index (κ3) is 3.72. The fraction of sp³-hybridized carbons (Fsp3) is 0.0400. The molecule has 0 heterocycles. The smallest absolute Gasteiger partial charge is 0.166 e. The number of hydrogen-bond donors (Lipinski definition) is 0. The van der Waals surface area contributed by atoms with Crippen LogP contribution in [0.1, 0.15) is 16.7 Å². The molecule has 0 aliphatic rings. The molecule has 4 aromatic carbocycles. The molecule has 0 saturated carbocycles. The first kappa shape index (κ1) is 18.8. The van der Waals surface area contributed by atoms with E-state index in [0.717, 1.165) is 11.6 Å². The number of aryl methyl sites for hydroxylation is 1. The van der Waals surface area contributed by atoms with Crippen molar-refractivity contribution in [2.45, 2.75) is 6.92 Å². The lowest BCUT2D eigenvalue weighted by Gasteiger charge is -2.05. The zero-order valence-electron chi connectivity index (χ0n) is 15.4. The summed E-state index contributed by atoms with van der Waals surface area (Å²) in [6.45, 7) is 1.78. The summed E-state index contributed by atoms with van der Waals surface area (Å²) in [6.07, 6.45) is 0. The highest BCUT2D eigenvalue weighted by Crippen LogP contribution is 2.26. The highest BCUT2D eigenvalue weighted by atomic mass is 19.2. The average Bonchev–Trinajstić information content (AvgIpc) is 2.70. The summed E-state index contributed by atoms with van der Waals surface area (Å²) in [5, 5.41) is 0.660. The molecule has 4 rings (SSSR count). The summed E-state index contributed by atoms with van der Waals surface area (Å²) in [5.74, 6) is 2.76. The van der Waals surface area contributed by atoms with Gasteiger partial charge in [-0.3, -0.25) is 0 Å². The Hall–Kier alpha value is -3.58. The summed E-state index contributed by atoms with van der Waals surface area (Å²) in [7, 11) is 0. The summed E-state index contributed by atoms with van der Waals surface area (Å²) in [4.78, 5) is 0. The van der Waals surface area contributed by atoms with Crippen molar-refractivity contribution in [2.75, 3.05) is 0 Å². The molecule has 0 fully saturated rings. The van der Waals surface area contributed by atoms with Gasteiger partial charge in [-0.25, -0.2) is 17.6 Å². The van der Waals surface area contributed by atoms with Crippen LogP contribution < -0.4 is 0 Å². The van der Waals surface area contributed by atoms with Crippen LogP contribution in [-0.2, 0) is 0 Å². The summed E-state index contributed by atoms with van der Waals surface area (Å²) in [6, 6.07) is 16.2.